The Balaban J connectivity index is 2.48. The van der Waals surface area contributed by atoms with E-state index in [-0.39, 0.29) is 12.2 Å². The molecule has 0 bridgehead atoms. The van der Waals surface area contributed by atoms with Crippen LogP contribution in [0.2, 0.25) is 0 Å². The molecule has 68 valence electrons. The summed E-state index contributed by atoms with van der Waals surface area (Å²) in [7, 11) is 0. The second kappa shape index (κ2) is 4.44. The van der Waals surface area contributed by atoms with E-state index >= 15 is 0 Å². The summed E-state index contributed by atoms with van der Waals surface area (Å²) in [6.07, 6.45) is 2.01. The zero-order valence-corrected chi connectivity index (χ0v) is 7.71. The molecule has 0 amide bonds. The van der Waals surface area contributed by atoms with Crippen LogP contribution in [-0.2, 0) is 4.74 Å². The Morgan fingerprint density at radius 3 is 2.75 bits per heavy atom. The first kappa shape index (κ1) is 9.50. The summed E-state index contributed by atoms with van der Waals surface area (Å²) in [5, 5.41) is 12.0. The molecule has 3 heteroatoms. The van der Waals surface area contributed by atoms with Crippen molar-refractivity contribution >= 4 is 0 Å². The van der Waals surface area contributed by atoms with Crippen LogP contribution in [0.3, 0.4) is 0 Å². The lowest BCUT2D eigenvalue weighted by Crippen LogP contribution is -2.51. The summed E-state index contributed by atoms with van der Waals surface area (Å²) in [6.45, 7) is 4.90. The van der Waals surface area contributed by atoms with E-state index in [1.165, 1.54) is 0 Å². The molecule has 3 unspecified atom stereocenters. The molecule has 0 aromatic heterocycles. The van der Waals surface area contributed by atoms with Crippen LogP contribution in [-0.4, -0.2) is 24.8 Å². The van der Waals surface area contributed by atoms with Gasteiger partial charge in [0.2, 0.25) is 0 Å². The molecule has 0 aliphatic carbocycles. The summed E-state index contributed by atoms with van der Waals surface area (Å²) >= 11 is 0. The number of hydrogen-bond acceptors (Lipinski definition) is 3. The van der Waals surface area contributed by atoms with Gasteiger partial charge in [-0.3, -0.25) is 0 Å². The zero-order chi connectivity index (χ0) is 8.97. The van der Waals surface area contributed by atoms with E-state index in [4.69, 9.17) is 10.00 Å². The number of nitrogens with zero attached hydrogens (tertiary/aromatic N) is 1. The lowest BCUT2D eigenvalue weighted by Gasteiger charge is -2.34. The second-order valence-corrected chi connectivity index (χ2v) is 3.12. The third-order valence-corrected chi connectivity index (χ3v) is 2.34. The van der Waals surface area contributed by atoms with E-state index in [0.29, 0.717) is 12.6 Å². The second-order valence-electron chi connectivity index (χ2n) is 3.12. The van der Waals surface area contributed by atoms with Gasteiger partial charge in [0.15, 0.2) is 6.10 Å². The van der Waals surface area contributed by atoms with Gasteiger partial charge in [-0.05, 0) is 12.8 Å². The van der Waals surface area contributed by atoms with Crippen LogP contribution in [0.4, 0.5) is 0 Å². The van der Waals surface area contributed by atoms with Crippen molar-refractivity contribution in [2.45, 2.75) is 44.9 Å². The van der Waals surface area contributed by atoms with Crippen LogP contribution in [0.25, 0.3) is 0 Å². The summed E-state index contributed by atoms with van der Waals surface area (Å²) in [5.41, 5.74) is 0. The van der Waals surface area contributed by atoms with E-state index in [9.17, 15) is 0 Å². The van der Waals surface area contributed by atoms with Crippen molar-refractivity contribution in [2.75, 3.05) is 6.54 Å². The van der Waals surface area contributed by atoms with Crippen LogP contribution < -0.4 is 5.32 Å². The maximum atomic E-state index is 8.65. The fourth-order valence-electron chi connectivity index (χ4n) is 1.61. The maximum Gasteiger partial charge on any atom is 0.156 e. The predicted molar refractivity (Wildman–Crippen MR) is 46.6 cm³/mol. The summed E-state index contributed by atoms with van der Waals surface area (Å²) < 4.78 is 5.56. The summed E-state index contributed by atoms with van der Waals surface area (Å²) in [6, 6.07) is 2.56. The topological polar surface area (TPSA) is 45.0 Å². The standard InChI is InChI=1S/C9H16N2O/c1-3-8-9(4-2)12-7(5-10)6-11-8/h7-9,11H,3-4,6H2,1-2H3. The lowest BCUT2D eigenvalue weighted by atomic mass is 10.0. The van der Waals surface area contributed by atoms with Crippen LogP contribution in [0.1, 0.15) is 26.7 Å². The van der Waals surface area contributed by atoms with Gasteiger partial charge in [0.25, 0.3) is 0 Å². The minimum atomic E-state index is -0.252. The first-order chi connectivity index (χ1) is 5.81. The molecule has 1 heterocycles. The highest BCUT2D eigenvalue weighted by Gasteiger charge is 2.27. The zero-order valence-electron chi connectivity index (χ0n) is 7.71. The fraction of sp³-hybridized carbons (Fsp3) is 0.889. The largest absolute Gasteiger partial charge is 0.357 e. The smallest absolute Gasteiger partial charge is 0.156 e. The van der Waals surface area contributed by atoms with Gasteiger partial charge in [0.1, 0.15) is 0 Å². The van der Waals surface area contributed by atoms with Crippen LogP contribution in [0.15, 0.2) is 0 Å². The lowest BCUT2D eigenvalue weighted by molar-refractivity contribution is -0.0395. The minimum absolute atomic E-state index is 0.216. The molecule has 1 rings (SSSR count). The highest BCUT2D eigenvalue weighted by Crippen LogP contribution is 2.14. The molecule has 0 aromatic carbocycles. The number of nitriles is 1. The van der Waals surface area contributed by atoms with Crippen molar-refractivity contribution in [1.82, 2.24) is 5.32 Å². The Morgan fingerprint density at radius 2 is 2.25 bits per heavy atom. The van der Waals surface area contributed by atoms with Gasteiger partial charge in [-0.2, -0.15) is 5.26 Å². The number of rotatable bonds is 2. The predicted octanol–water partition coefficient (Wildman–Crippen LogP) is 1.06. The molecule has 0 radical (unpaired) electrons. The quantitative estimate of drug-likeness (QED) is 0.670. The Hall–Kier alpha value is -0.590. The van der Waals surface area contributed by atoms with Gasteiger partial charge >= 0.3 is 0 Å². The molecule has 1 aliphatic rings. The summed E-state index contributed by atoms with van der Waals surface area (Å²) in [5.74, 6) is 0. The highest BCUT2D eigenvalue weighted by atomic mass is 16.5. The molecule has 1 aliphatic heterocycles. The van der Waals surface area contributed by atoms with Crippen molar-refractivity contribution in [3.63, 3.8) is 0 Å². The molecule has 0 aromatic rings. The van der Waals surface area contributed by atoms with Crippen molar-refractivity contribution in [2.24, 2.45) is 0 Å². The monoisotopic (exact) mass is 168 g/mol. The number of morpholine rings is 1. The van der Waals surface area contributed by atoms with Gasteiger partial charge in [-0.1, -0.05) is 13.8 Å². The minimum Gasteiger partial charge on any atom is -0.357 e. The maximum absolute atomic E-state index is 8.65. The van der Waals surface area contributed by atoms with Crippen molar-refractivity contribution in [3.05, 3.63) is 0 Å². The highest BCUT2D eigenvalue weighted by molar-refractivity contribution is 4.93. The molecule has 0 spiro atoms. The molecule has 0 saturated carbocycles. The third kappa shape index (κ3) is 1.96. The average molecular weight is 168 g/mol. The Kier molecular flexibility index (Phi) is 3.51. The molecule has 3 atom stereocenters. The first-order valence-corrected chi connectivity index (χ1v) is 4.60. The summed E-state index contributed by atoms with van der Waals surface area (Å²) in [4.78, 5) is 0. The Bertz CT molecular complexity index is 176. The van der Waals surface area contributed by atoms with E-state index in [1.54, 1.807) is 0 Å². The van der Waals surface area contributed by atoms with Crippen LogP contribution in [0, 0.1) is 11.3 Å². The Morgan fingerprint density at radius 1 is 1.50 bits per heavy atom. The number of ether oxygens (including phenoxy) is 1. The van der Waals surface area contributed by atoms with E-state index in [0.717, 1.165) is 12.8 Å². The van der Waals surface area contributed by atoms with Crippen molar-refractivity contribution in [1.29, 1.82) is 5.26 Å². The SMILES string of the molecule is CCC1NCC(C#N)OC1CC. The van der Waals surface area contributed by atoms with Gasteiger partial charge in [-0.25, -0.2) is 0 Å². The number of nitrogens with one attached hydrogen (secondary N) is 1. The fourth-order valence-corrected chi connectivity index (χ4v) is 1.61. The van der Waals surface area contributed by atoms with Crippen molar-refractivity contribution in [3.8, 4) is 6.07 Å². The molecule has 12 heavy (non-hydrogen) atoms. The van der Waals surface area contributed by atoms with E-state index < -0.39 is 0 Å². The van der Waals surface area contributed by atoms with E-state index in [2.05, 4.69) is 25.2 Å². The molecule has 1 saturated heterocycles. The molecular formula is C9H16N2O. The van der Waals surface area contributed by atoms with Crippen LogP contribution >= 0.6 is 0 Å². The number of hydrogen-bond donors (Lipinski definition) is 1. The van der Waals surface area contributed by atoms with Crippen molar-refractivity contribution < 1.29 is 4.74 Å². The van der Waals surface area contributed by atoms with Gasteiger partial charge in [0, 0.05) is 12.6 Å². The normalized spacial score (nSPS) is 35.9. The van der Waals surface area contributed by atoms with E-state index in [1.807, 2.05) is 0 Å². The third-order valence-electron chi connectivity index (χ3n) is 2.34. The average Bonchev–Trinajstić information content (AvgIpc) is 2.16. The molecule has 1 N–H and O–H groups in total. The first-order valence-electron chi connectivity index (χ1n) is 4.60. The van der Waals surface area contributed by atoms with Crippen LogP contribution in [0.5, 0.6) is 0 Å². The van der Waals surface area contributed by atoms with Gasteiger partial charge < -0.3 is 10.1 Å². The Labute approximate surface area is 73.7 Å². The molecular weight excluding hydrogens is 152 g/mol. The van der Waals surface area contributed by atoms with Gasteiger partial charge in [-0.15, -0.1) is 0 Å². The van der Waals surface area contributed by atoms with Gasteiger partial charge in [0.05, 0.1) is 12.2 Å². The molecule has 1 fully saturated rings. The molecule has 3 nitrogen and oxygen atoms in total.